The molecule has 0 atom stereocenters. The molecule has 2 N–H and O–H groups in total. The molecule has 2 amide bonds. The number of hydrogen-bond acceptors (Lipinski definition) is 5. The van der Waals surface area contributed by atoms with E-state index in [1.54, 1.807) is 18.2 Å². The third-order valence-corrected chi connectivity index (χ3v) is 2.33. The molecule has 1 rings (SSSR count). The van der Waals surface area contributed by atoms with E-state index in [1.807, 2.05) is 6.07 Å². The van der Waals surface area contributed by atoms with Gasteiger partial charge in [-0.05, 0) is 12.1 Å². The summed E-state index contributed by atoms with van der Waals surface area (Å²) in [7, 11) is 2.80. The fourth-order valence-corrected chi connectivity index (χ4v) is 1.37. The number of methoxy groups -OCH3 is 2. The molecule has 20 heavy (non-hydrogen) atoms. The van der Waals surface area contributed by atoms with Crippen molar-refractivity contribution in [2.75, 3.05) is 33.9 Å². The summed E-state index contributed by atoms with van der Waals surface area (Å²) in [5.41, 5.74) is 0. The normalized spacial score (nSPS) is 9.50. The average Bonchev–Trinajstić information content (AvgIpc) is 2.49. The van der Waals surface area contributed by atoms with Crippen LogP contribution in [0.15, 0.2) is 24.3 Å². The molecule has 7 nitrogen and oxygen atoms in total. The van der Waals surface area contributed by atoms with Gasteiger partial charge in [-0.25, -0.2) is 4.79 Å². The Morgan fingerprint density at radius 3 is 2.35 bits per heavy atom. The second-order valence-electron chi connectivity index (χ2n) is 3.71. The molecule has 110 valence electrons. The standard InChI is InChI=1S/C13H18N2O5/c1-18-10-5-3-4-6-11(10)20-9-12(16)14-7-8-15-13(17)19-2/h3-6H,7-9H2,1-2H3,(H,14,16)(H,15,17). The van der Waals surface area contributed by atoms with Crippen LogP contribution >= 0.6 is 0 Å². The zero-order valence-electron chi connectivity index (χ0n) is 11.5. The van der Waals surface area contributed by atoms with Crippen molar-refractivity contribution < 1.29 is 23.8 Å². The van der Waals surface area contributed by atoms with Crippen molar-refractivity contribution >= 4 is 12.0 Å². The van der Waals surface area contributed by atoms with E-state index in [-0.39, 0.29) is 19.1 Å². The van der Waals surface area contributed by atoms with Crippen molar-refractivity contribution in [3.8, 4) is 11.5 Å². The van der Waals surface area contributed by atoms with E-state index in [1.165, 1.54) is 14.2 Å². The van der Waals surface area contributed by atoms with Crippen LogP contribution in [0.4, 0.5) is 4.79 Å². The van der Waals surface area contributed by atoms with E-state index in [0.717, 1.165) is 0 Å². The molecule has 0 aliphatic rings. The van der Waals surface area contributed by atoms with Crippen molar-refractivity contribution in [2.45, 2.75) is 0 Å². The third-order valence-electron chi connectivity index (χ3n) is 2.33. The van der Waals surface area contributed by atoms with Crippen molar-refractivity contribution in [1.29, 1.82) is 0 Å². The number of alkyl carbamates (subject to hydrolysis) is 1. The van der Waals surface area contributed by atoms with Crippen LogP contribution in [0.3, 0.4) is 0 Å². The first-order chi connectivity index (χ1) is 9.67. The molecule has 0 radical (unpaired) electrons. The minimum atomic E-state index is -0.537. The number of hydrogen-bond donors (Lipinski definition) is 2. The first-order valence-electron chi connectivity index (χ1n) is 6.01. The topological polar surface area (TPSA) is 85.9 Å². The maximum Gasteiger partial charge on any atom is 0.406 e. The Morgan fingerprint density at radius 2 is 1.70 bits per heavy atom. The molecule has 0 saturated carbocycles. The first-order valence-corrected chi connectivity index (χ1v) is 6.01. The van der Waals surface area contributed by atoms with Gasteiger partial charge in [0.2, 0.25) is 0 Å². The summed E-state index contributed by atoms with van der Waals surface area (Å²) >= 11 is 0. The predicted octanol–water partition coefficient (Wildman–Crippen LogP) is 0.546. The molecular weight excluding hydrogens is 264 g/mol. The molecule has 1 aromatic carbocycles. The summed E-state index contributed by atoms with van der Waals surface area (Å²) in [5, 5.41) is 5.04. The lowest BCUT2D eigenvalue weighted by molar-refractivity contribution is -0.123. The van der Waals surface area contributed by atoms with Gasteiger partial charge in [0.15, 0.2) is 18.1 Å². The summed E-state index contributed by atoms with van der Waals surface area (Å²) in [4.78, 5) is 22.3. The highest BCUT2D eigenvalue weighted by molar-refractivity contribution is 5.77. The number of benzene rings is 1. The number of rotatable bonds is 7. The first kappa shape index (κ1) is 15.6. The minimum Gasteiger partial charge on any atom is -0.493 e. The zero-order valence-corrected chi connectivity index (χ0v) is 11.5. The Labute approximate surface area is 117 Å². The Kier molecular flexibility index (Phi) is 6.74. The largest absolute Gasteiger partial charge is 0.493 e. The molecule has 1 aromatic rings. The molecule has 0 saturated heterocycles. The lowest BCUT2D eigenvalue weighted by atomic mass is 10.3. The highest BCUT2D eigenvalue weighted by Gasteiger charge is 2.06. The predicted molar refractivity (Wildman–Crippen MR) is 71.9 cm³/mol. The van der Waals surface area contributed by atoms with E-state index in [2.05, 4.69) is 15.4 Å². The van der Waals surface area contributed by atoms with Gasteiger partial charge in [-0.2, -0.15) is 0 Å². The highest BCUT2D eigenvalue weighted by atomic mass is 16.5. The SMILES string of the molecule is COC(=O)NCCNC(=O)COc1ccccc1OC. The molecular formula is C13H18N2O5. The molecule has 0 unspecified atom stereocenters. The summed E-state index contributed by atoms with van der Waals surface area (Å²) < 4.78 is 14.8. The van der Waals surface area contributed by atoms with Crippen molar-refractivity contribution in [3.05, 3.63) is 24.3 Å². The maximum atomic E-state index is 11.5. The fraction of sp³-hybridized carbons (Fsp3) is 0.385. The number of carbonyl (C=O) groups is 2. The summed E-state index contributed by atoms with van der Waals surface area (Å²) in [6.45, 7) is 0.453. The molecule has 0 heterocycles. The van der Waals surface area contributed by atoms with Crippen LogP contribution in [0.5, 0.6) is 11.5 Å². The van der Waals surface area contributed by atoms with Crippen LogP contribution < -0.4 is 20.1 Å². The van der Waals surface area contributed by atoms with Gasteiger partial charge in [0.25, 0.3) is 5.91 Å². The molecule has 0 aliphatic heterocycles. The van der Waals surface area contributed by atoms with Gasteiger partial charge in [-0.1, -0.05) is 12.1 Å². The monoisotopic (exact) mass is 282 g/mol. The Balaban J connectivity index is 2.24. The van der Waals surface area contributed by atoms with Crippen LogP contribution in [0.2, 0.25) is 0 Å². The van der Waals surface area contributed by atoms with Gasteiger partial charge in [-0.3, -0.25) is 4.79 Å². The second kappa shape index (κ2) is 8.63. The van der Waals surface area contributed by atoms with E-state index in [4.69, 9.17) is 9.47 Å². The van der Waals surface area contributed by atoms with Crippen LogP contribution in [0.1, 0.15) is 0 Å². The van der Waals surface area contributed by atoms with Crippen molar-refractivity contribution in [2.24, 2.45) is 0 Å². The van der Waals surface area contributed by atoms with Crippen molar-refractivity contribution in [1.82, 2.24) is 10.6 Å². The minimum absolute atomic E-state index is 0.126. The summed E-state index contributed by atoms with van der Waals surface area (Å²) in [5.74, 6) is 0.771. The Hall–Kier alpha value is -2.44. The third kappa shape index (κ3) is 5.47. The molecule has 0 spiro atoms. The maximum absolute atomic E-state index is 11.5. The number of amides is 2. The number of ether oxygens (including phenoxy) is 3. The molecule has 7 heteroatoms. The van der Waals surface area contributed by atoms with E-state index < -0.39 is 6.09 Å². The number of carbonyl (C=O) groups excluding carboxylic acids is 2. The van der Waals surface area contributed by atoms with Gasteiger partial charge >= 0.3 is 6.09 Å². The second-order valence-corrected chi connectivity index (χ2v) is 3.71. The van der Waals surface area contributed by atoms with Crippen LogP contribution in [0.25, 0.3) is 0 Å². The highest BCUT2D eigenvalue weighted by Crippen LogP contribution is 2.25. The van der Waals surface area contributed by atoms with E-state index in [9.17, 15) is 9.59 Å². The van der Waals surface area contributed by atoms with Crippen LogP contribution in [0, 0.1) is 0 Å². The molecule has 0 aliphatic carbocycles. The zero-order chi connectivity index (χ0) is 14.8. The van der Waals surface area contributed by atoms with Gasteiger partial charge in [0, 0.05) is 13.1 Å². The Morgan fingerprint density at radius 1 is 1.05 bits per heavy atom. The summed E-state index contributed by atoms with van der Waals surface area (Å²) in [6, 6.07) is 7.05. The van der Waals surface area contributed by atoms with Gasteiger partial charge in [0.05, 0.1) is 14.2 Å². The average molecular weight is 282 g/mol. The lowest BCUT2D eigenvalue weighted by Gasteiger charge is -2.10. The van der Waals surface area contributed by atoms with Crippen molar-refractivity contribution in [3.63, 3.8) is 0 Å². The van der Waals surface area contributed by atoms with Crippen LogP contribution in [-0.4, -0.2) is 45.9 Å². The quantitative estimate of drug-likeness (QED) is 0.713. The fourth-order valence-electron chi connectivity index (χ4n) is 1.37. The van der Waals surface area contributed by atoms with E-state index >= 15 is 0 Å². The van der Waals surface area contributed by atoms with Gasteiger partial charge in [0.1, 0.15) is 0 Å². The van der Waals surface area contributed by atoms with Gasteiger partial charge in [-0.15, -0.1) is 0 Å². The molecule has 0 bridgehead atoms. The Bertz CT molecular complexity index is 450. The smallest absolute Gasteiger partial charge is 0.406 e. The lowest BCUT2D eigenvalue weighted by Crippen LogP contribution is -2.36. The molecule has 0 fully saturated rings. The number of para-hydroxylation sites is 2. The van der Waals surface area contributed by atoms with Gasteiger partial charge < -0.3 is 24.8 Å². The van der Waals surface area contributed by atoms with Crippen LogP contribution in [-0.2, 0) is 9.53 Å². The van der Waals surface area contributed by atoms with E-state index in [0.29, 0.717) is 18.0 Å². The number of nitrogens with one attached hydrogen (secondary N) is 2. The molecule has 0 aromatic heterocycles. The summed E-state index contributed by atoms with van der Waals surface area (Å²) in [6.07, 6.45) is -0.537.